The molecule has 4 rings (SSSR count). The Bertz CT molecular complexity index is 1130. The van der Waals surface area contributed by atoms with Crippen molar-refractivity contribution in [2.24, 2.45) is 0 Å². The van der Waals surface area contributed by atoms with Crippen LogP contribution in [0.4, 0.5) is 4.39 Å². The van der Waals surface area contributed by atoms with Gasteiger partial charge in [0, 0.05) is 4.88 Å². The summed E-state index contributed by atoms with van der Waals surface area (Å²) in [6.07, 6.45) is 0. The van der Waals surface area contributed by atoms with Gasteiger partial charge in [0.05, 0.1) is 17.5 Å². The number of hydrogen-bond donors (Lipinski definition) is 1. The van der Waals surface area contributed by atoms with Crippen molar-refractivity contribution in [2.45, 2.75) is 18.1 Å². The lowest BCUT2D eigenvalue weighted by molar-refractivity contribution is -0.119. The maximum Gasteiger partial charge on any atom is 0.231 e. The minimum absolute atomic E-state index is 0.148. The van der Waals surface area contributed by atoms with Crippen LogP contribution in [0.5, 0.6) is 0 Å². The first-order valence-electron chi connectivity index (χ1n) is 9.17. The smallest absolute Gasteiger partial charge is 0.231 e. The van der Waals surface area contributed by atoms with E-state index in [0.717, 1.165) is 21.7 Å². The van der Waals surface area contributed by atoms with Gasteiger partial charge in [0.15, 0.2) is 0 Å². The van der Waals surface area contributed by atoms with Crippen LogP contribution in [0.15, 0.2) is 71.2 Å². The van der Waals surface area contributed by atoms with Gasteiger partial charge in [-0.2, -0.15) is 4.68 Å². The van der Waals surface area contributed by atoms with Crippen LogP contribution in [-0.2, 0) is 4.79 Å². The summed E-state index contributed by atoms with van der Waals surface area (Å²) in [5, 5.41) is 17.4. The molecule has 0 aliphatic rings. The molecule has 2 aromatic carbocycles. The van der Waals surface area contributed by atoms with E-state index in [2.05, 4.69) is 20.8 Å². The molecule has 0 radical (unpaired) electrons. The lowest BCUT2D eigenvalue weighted by atomic mass is 10.1. The Hall–Kier alpha value is -3.04. The Morgan fingerprint density at radius 2 is 1.97 bits per heavy atom. The Morgan fingerprint density at radius 1 is 1.17 bits per heavy atom. The summed E-state index contributed by atoms with van der Waals surface area (Å²) in [4.78, 5) is 13.7. The Balaban J connectivity index is 1.47. The van der Waals surface area contributed by atoms with Crippen LogP contribution in [-0.4, -0.2) is 31.9 Å². The van der Waals surface area contributed by atoms with E-state index in [9.17, 15) is 9.18 Å². The van der Waals surface area contributed by atoms with Crippen molar-refractivity contribution >= 4 is 29.0 Å². The van der Waals surface area contributed by atoms with E-state index in [4.69, 9.17) is 0 Å². The van der Waals surface area contributed by atoms with Gasteiger partial charge in [-0.1, -0.05) is 48.2 Å². The summed E-state index contributed by atoms with van der Waals surface area (Å²) >= 11 is 2.80. The molecule has 30 heavy (non-hydrogen) atoms. The highest BCUT2D eigenvalue weighted by Crippen LogP contribution is 2.27. The molecule has 0 saturated heterocycles. The fourth-order valence-electron chi connectivity index (χ4n) is 2.98. The SMILES string of the molecule is Cc1ccccc1-n1nnnc1SCC(=O)N[C@H](c1ccc(F)cc1)c1cccs1. The molecule has 2 heterocycles. The maximum absolute atomic E-state index is 13.3. The van der Waals surface area contributed by atoms with Gasteiger partial charge in [0.25, 0.3) is 0 Å². The van der Waals surface area contributed by atoms with E-state index in [1.165, 1.54) is 35.2 Å². The molecule has 4 aromatic rings. The molecule has 0 saturated carbocycles. The van der Waals surface area contributed by atoms with Gasteiger partial charge in [0.1, 0.15) is 5.82 Å². The van der Waals surface area contributed by atoms with E-state index in [1.807, 2.05) is 48.7 Å². The Kier molecular flexibility index (Phi) is 6.20. The quantitative estimate of drug-likeness (QED) is 0.438. The summed E-state index contributed by atoms with van der Waals surface area (Å²) in [7, 11) is 0. The summed E-state index contributed by atoms with van der Waals surface area (Å²) in [6.45, 7) is 1.98. The van der Waals surface area contributed by atoms with Crippen LogP contribution in [0, 0.1) is 12.7 Å². The second kappa shape index (κ2) is 9.19. The van der Waals surface area contributed by atoms with Crippen LogP contribution < -0.4 is 5.32 Å². The van der Waals surface area contributed by atoms with Gasteiger partial charge in [-0.15, -0.1) is 16.4 Å². The first-order valence-corrected chi connectivity index (χ1v) is 11.0. The largest absolute Gasteiger partial charge is 0.344 e. The molecular formula is C21H18FN5OS2. The number of thiophene rings is 1. The number of aromatic nitrogens is 4. The fraction of sp³-hybridized carbons (Fsp3) is 0.143. The summed E-state index contributed by atoms with van der Waals surface area (Å²) < 4.78 is 15.0. The number of nitrogens with zero attached hydrogens (tertiary/aromatic N) is 4. The van der Waals surface area contributed by atoms with Crippen molar-refractivity contribution in [3.63, 3.8) is 0 Å². The van der Waals surface area contributed by atoms with Crippen LogP contribution in [0.1, 0.15) is 22.0 Å². The zero-order valence-corrected chi connectivity index (χ0v) is 17.7. The minimum atomic E-state index is -0.342. The van der Waals surface area contributed by atoms with Gasteiger partial charge in [-0.25, -0.2) is 4.39 Å². The standard InChI is InChI=1S/C21H18FN5OS2/c1-14-5-2-3-6-17(14)27-21(24-25-26-27)30-13-19(28)23-20(18-7-4-12-29-18)15-8-10-16(22)11-9-15/h2-12,20H,13H2,1H3,(H,23,28)/t20-/m1/s1. The summed E-state index contributed by atoms with van der Waals surface area (Å²) in [5.41, 5.74) is 2.72. The number of aryl methyl sites for hydroxylation is 1. The normalized spacial score (nSPS) is 11.9. The molecule has 152 valence electrons. The number of para-hydroxylation sites is 1. The zero-order valence-electron chi connectivity index (χ0n) is 16.0. The third kappa shape index (κ3) is 4.58. The highest BCUT2D eigenvalue weighted by atomic mass is 32.2. The van der Waals surface area contributed by atoms with Crippen molar-refractivity contribution < 1.29 is 9.18 Å². The van der Waals surface area contributed by atoms with Crippen molar-refractivity contribution in [1.29, 1.82) is 0 Å². The second-order valence-corrected chi connectivity index (χ2v) is 8.44. The molecule has 0 aliphatic heterocycles. The molecule has 0 spiro atoms. The molecule has 0 bridgehead atoms. The maximum atomic E-state index is 13.3. The van der Waals surface area contributed by atoms with Crippen molar-refractivity contribution in [3.8, 4) is 5.69 Å². The van der Waals surface area contributed by atoms with Crippen LogP contribution in [0.2, 0.25) is 0 Å². The number of rotatable bonds is 7. The number of benzene rings is 2. The molecule has 1 atom stereocenters. The number of carbonyl (C=O) groups excluding carboxylic acids is 1. The van der Waals surface area contributed by atoms with E-state index in [-0.39, 0.29) is 23.5 Å². The van der Waals surface area contributed by atoms with Crippen LogP contribution in [0.3, 0.4) is 0 Å². The highest BCUT2D eigenvalue weighted by molar-refractivity contribution is 7.99. The molecule has 1 amide bonds. The third-order valence-corrected chi connectivity index (χ3v) is 6.31. The van der Waals surface area contributed by atoms with E-state index in [1.54, 1.807) is 16.8 Å². The topological polar surface area (TPSA) is 72.7 Å². The molecule has 9 heteroatoms. The van der Waals surface area contributed by atoms with Gasteiger partial charge >= 0.3 is 0 Å². The average molecular weight is 440 g/mol. The van der Waals surface area contributed by atoms with Gasteiger partial charge < -0.3 is 5.32 Å². The molecule has 2 aromatic heterocycles. The number of tetrazole rings is 1. The van der Waals surface area contributed by atoms with Crippen molar-refractivity contribution in [3.05, 3.63) is 87.9 Å². The summed E-state index contributed by atoms with van der Waals surface area (Å²) in [6, 6.07) is 17.5. The molecule has 6 nitrogen and oxygen atoms in total. The van der Waals surface area contributed by atoms with Crippen LogP contribution in [0.25, 0.3) is 5.69 Å². The number of amides is 1. The lowest BCUT2D eigenvalue weighted by Crippen LogP contribution is -2.30. The van der Waals surface area contributed by atoms with Gasteiger partial charge in [0.2, 0.25) is 11.1 Å². The minimum Gasteiger partial charge on any atom is -0.344 e. The molecule has 1 N–H and O–H groups in total. The van der Waals surface area contributed by atoms with Crippen molar-refractivity contribution in [1.82, 2.24) is 25.5 Å². The number of halogens is 1. The number of hydrogen-bond acceptors (Lipinski definition) is 6. The monoisotopic (exact) mass is 439 g/mol. The zero-order chi connectivity index (χ0) is 20.9. The lowest BCUT2D eigenvalue weighted by Gasteiger charge is -2.18. The number of carbonyl (C=O) groups is 1. The van der Waals surface area contributed by atoms with Crippen molar-refractivity contribution in [2.75, 3.05) is 5.75 Å². The number of nitrogens with one attached hydrogen (secondary N) is 1. The summed E-state index contributed by atoms with van der Waals surface area (Å²) in [5.74, 6) is -0.328. The molecule has 0 unspecified atom stereocenters. The van der Waals surface area contributed by atoms with Crippen LogP contribution >= 0.6 is 23.1 Å². The van der Waals surface area contributed by atoms with E-state index < -0.39 is 0 Å². The first kappa shape index (κ1) is 20.2. The van der Waals surface area contributed by atoms with E-state index in [0.29, 0.717) is 5.16 Å². The van der Waals surface area contributed by atoms with E-state index >= 15 is 0 Å². The first-order chi connectivity index (χ1) is 14.6. The molecule has 0 fully saturated rings. The molecule has 0 aliphatic carbocycles. The van der Waals surface area contributed by atoms with Gasteiger partial charge in [-0.3, -0.25) is 4.79 Å². The molecular weight excluding hydrogens is 421 g/mol. The second-order valence-electron chi connectivity index (χ2n) is 6.52. The predicted molar refractivity (Wildman–Crippen MR) is 115 cm³/mol. The fourth-order valence-corrected chi connectivity index (χ4v) is 4.48. The highest BCUT2D eigenvalue weighted by Gasteiger charge is 2.19. The predicted octanol–water partition coefficient (Wildman–Crippen LogP) is 4.17. The number of thioether (sulfide) groups is 1. The third-order valence-electron chi connectivity index (χ3n) is 4.45. The van der Waals surface area contributed by atoms with Gasteiger partial charge in [-0.05, 0) is 58.1 Å². The Morgan fingerprint density at radius 3 is 2.70 bits per heavy atom. The average Bonchev–Trinajstić information content (AvgIpc) is 3.44. The Labute approximate surface area is 181 Å².